The zero-order valence-corrected chi connectivity index (χ0v) is 18.1. The van der Waals surface area contributed by atoms with Crippen molar-refractivity contribution >= 4 is 33.4 Å². The zero-order chi connectivity index (χ0) is 21.8. The summed E-state index contributed by atoms with van der Waals surface area (Å²) >= 11 is 1.24. The Labute approximate surface area is 176 Å². The molecule has 0 spiro atoms. The zero-order valence-electron chi connectivity index (χ0n) is 17.3. The highest BCUT2D eigenvalue weighted by Crippen LogP contribution is 2.33. The number of amides is 1. The number of carbonyl (C=O) groups is 2. The normalized spacial score (nSPS) is 11.6. The van der Waals surface area contributed by atoms with Gasteiger partial charge in [-0.15, -0.1) is 5.10 Å². The second-order valence-corrected chi connectivity index (χ2v) is 7.10. The first-order chi connectivity index (χ1) is 14.4. The molecule has 11 heteroatoms. The van der Waals surface area contributed by atoms with E-state index in [1.165, 1.54) is 43.5 Å². The Hall–Kier alpha value is -3.34. The van der Waals surface area contributed by atoms with Crippen molar-refractivity contribution in [2.75, 3.05) is 27.9 Å². The predicted octanol–water partition coefficient (Wildman–Crippen LogP) is 1.77. The Bertz CT molecular complexity index is 1160. The molecule has 0 atom stereocenters. The molecular weight excluding hydrogens is 412 g/mol. The van der Waals surface area contributed by atoms with E-state index >= 15 is 0 Å². The first-order valence-corrected chi connectivity index (χ1v) is 9.81. The Morgan fingerprint density at radius 3 is 2.47 bits per heavy atom. The molecule has 160 valence electrons. The van der Waals surface area contributed by atoms with Crippen LogP contribution in [-0.4, -0.2) is 54.2 Å². The van der Waals surface area contributed by atoms with E-state index in [9.17, 15) is 9.59 Å². The lowest BCUT2D eigenvalue weighted by Crippen LogP contribution is -2.23. The quantitative estimate of drug-likeness (QED) is 0.522. The van der Waals surface area contributed by atoms with Crippen molar-refractivity contribution in [2.24, 2.45) is 12.0 Å². The number of benzene rings is 1. The van der Waals surface area contributed by atoms with Crippen LogP contribution in [0.2, 0.25) is 0 Å². The van der Waals surface area contributed by atoms with Crippen molar-refractivity contribution in [3.05, 3.63) is 28.7 Å². The van der Waals surface area contributed by atoms with Gasteiger partial charge >= 0.3 is 5.97 Å². The summed E-state index contributed by atoms with van der Waals surface area (Å²) in [5.41, 5.74) is 0.880. The highest BCUT2D eigenvalue weighted by Gasteiger charge is 2.19. The second-order valence-electron chi connectivity index (χ2n) is 6.09. The minimum Gasteiger partial charge on any atom is -0.493 e. The van der Waals surface area contributed by atoms with Gasteiger partial charge in [-0.2, -0.15) is 4.99 Å². The van der Waals surface area contributed by atoms with Crippen LogP contribution in [0.3, 0.4) is 0 Å². The fraction of sp³-hybridized carbons (Fsp3) is 0.368. The average molecular weight is 434 g/mol. The van der Waals surface area contributed by atoms with Crippen LogP contribution in [0.25, 0.3) is 10.2 Å². The smallest absolute Gasteiger partial charge is 0.326 e. The fourth-order valence-electron chi connectivity index (χ4n) is 2.88. The molecule has 0 N–H and O–H groups in total. The summed E-state index contributed by atoms with van der Waals surface area (Å²) in [6, 6.07) is 3.51. The van der Waals surface area contributed by atoms with Crippen molar-refractivity contribution in [1.82, 2.24) is 14.3 Å². The number of hydrogen-bond acceptors (Lipinski definition) is 8. The van der Waals surface area contributed by atoms with E-state index in [2.05, 4.69) is 10.1 Å². The van der Waals surface area contributed by atoms with E-state index in [1.807, 2.05) is 0 Å². The molecule has 3 rings (SSSR count). The Morgan fingerprint density at radius 2 is 1.83 bits per heavy atom. The molecule has 0 saturated carbocycles. The molecule has 0 saturated heterocycles. The number of fused-ring (bicyclic) bond motifs is 1. The molecular formula is C19H22N4O6S. The highest BCUT2D eigenvalue weighted by atomic mass is 32.1. The summed E-state index contributed by atoms with van der Waals surface area (Å²) in [5, 5.41) is 4.08. The lowest BCUT2D eigenvalue weighted by molar-refractivity contribution is -0.143. The summed E-state index contributed by atoms with van der Waals surface area (Å²) in [5.74, 6) is 0.212. The summed E-state index contributed by atoms with van der Waals surface area (Å²) in [4.78, 5) is 29.6. The fourth-order valence-corrected chi connectivity index (χ4v) is 3.92. The van der Waals surface area contributed by atoms with Crippen LogP contribution in [0.4, 0.5) is 0 Å². The monoisotopic (exact) mass is 434 g/mol. The Morgan fingerprint density at radius 1 is 1.13 bits per heavy atom. The number of thiazole rings is 1. The standard InChI is InChI=1S/C19H22N4O6S/c1-6-29-16(24)10-23-12-7-13(26-3)14(27-4)8-15(12)30-19(23)20-17(25)11-9-22(2)21-18(11)28-5/h7-9H,6,10H2,1-5H3. The number of esters is 1. The van der Waals surface area contributed by atoms with Crippen LogP contribution < -0.4 is 19.0 Å². The third kappa shape index (κ3) is 4.15. The van der Waals surface area contributed by atoms with Gasteiger partial charge in [0.15, 0.2) is 16.3 Å². The lowest BCUT2D eigenvalue weighted by Gasteiger charge is -2.09. The third-order valence-electron chi connectivity index (χ3n) is 4.20. The van der Waals surface area contributed by atoms with E-state index in [4.69, 9.17) is 18.9 Å². The van der Waals surface area contributed by atoms with Crippen LogP contribution in [0.1, 0.15) is 17.3 Å². The molecule has 2 heterocycles. The molecule has 0 fully saturated rings. The molecule has 2 aromatic heterocycles. The molecule has 1 aromatic carbocycles. The van der Waals surface area contributed by atoms with Crippen molar-refractivity contribution in [3.8, 4) is 17.4 Å². The van der Waals surface area contributed by atoms with Crippen LogP contribution >= 0.6 is 11.3 Å². The van der Waals surface area contributed by atoms with Gasteiger partial charge in [-0.1, -0.05) is 11.3 Å². The van der Waals surface area contributed by atoms with Crippen molar-refractivity contribution in [1.29, 1.82) is 0 Å². The molecule has 0 aliphatic heterocycles. The number of aryl methyl sites for hydroxylation is 1. The SMILES string of the molecule is CCOC(=O)Cn1c(=NC(=O)c2cn(C)nc2OC)sc2cc(OC)c(OC)cc21. The highest BCUT2D eigenvalue weighted by molar-refractivity contribution is 7.16. The second kappa shape index (κ2) is 8.99. The van der Waals surface area contributed by atoms with Gasteiger partial charge in [0, 0.05) is 25.4 Å². The van der Waals surface area contributed by atoms with Gasteiger partial charge in [0.05, 0.1) is 38.2 Å². The molecule has 30 heavy (non-hydrogen) atoms. The van der Waals surface area contributed by atoms with Crippen LogP contribution in [0.5, 0.6) is 17.4 Å². The third-order valence-corrected chi connectivity index (χ3v) is 5.24. The summed E-state index contributed by atoms with van der Waals surface area (Å²) in [6.07, 6.45) is 1.53. The number of ether oxygens (including phenoxy) is 4. The molecule has 0 radical (unpaired) electrons. The topological polar surface area (TPSA) is 106 Å². The first kappa shape index (κ1) is 21.4. The molecule has 1 amide bonds. The van der Waals surface area contributed by atoms with Crippen LogP contribution in [-0.2, 0) is 23.1 Å². The van der Waals surface area contributed by atoms with Crippen molar-refractivity contribution in [3.63, 3.8) is 0 Å². The largest absolute Gasteiger partial charge is 0.493 e. The van der Waals surface area contributed by atoms with Gasteiger partial charge in [-0.25, -0.2) is 0 Å². The van der Waals surface area contributed by atoms with Gasteiger partial charge in [0.2, 0.25) is 5.88 Å². The maximum absolute atomic E-state index is 12.8. The molecule has 0 unspecified atom stereocenters. The lowest BCUT2D eigenvalue weighted by atomic mass is 10.3. The average Bonchev–Trinajstić information content (AvgIpc) is 3.26. The van der Waals surface area contributed by atoms with Gasteiger partial charge in [-0.05, 0) is 6.92 Å². The number of carbonyl (C=O) groups excluding carboxylic acids is 2. The van der Waals surface area contributed by atoms with Gasteiger partial charge in [-0.3, -0.25) is 14.3 Å². The Balaban J connectivity index is 2.19. The van der Waals surface area contributed by atoms with Gasteiger partial charge in [0.25, 0.3) is 5.91 Å². The minimum atomic E-state index is -0.539. The number of hydrogen-bond donors (Lipinski definition) is 0. The van der Waals surface area contributed by atoms with E-state index in [0.29, 0.717) is 21.8 Å². The minimum absolute atomic E-state index is 0.111. The van der Waals surface area contributed by atoms with E-state index in [-0.39, 0.29) is 24.6 Å². The molecule has 0 aliphatic carbocycles. The number of nitrogens with zero attached hydrogens (tertiary/aromatic N) is 4. The molecule has 0 bridgehead atoms. The first-order valence-electron chi connectivity index (χ1n) is 8.99. The van der Waals surface area contributed by atoms with E-state index < -0.39 is 11.9 Å². The maximum atomic E-state index is 12.8. The number of aromatic nitrogens is 3. The summed E-state index contributed by atoms with van der Waals surface area (Å²) in [6.45, 7) is 1.86. The predicted molar refractivity (Wildman–Crippen MR) is 109 cm³/mol. The molecule has 0 aliphatic rings. The molecule has 10 nitrogen and oxygen atoms in total. The summed E-state index contributed by atoms with van der Waals surface area (Å²) < 4.78 is 24.8. The van der Waals surface area contributed by atoms with Crippen molar-refractivity contribution < 1.29 is 28.5 Å². The summed E-state index contributed by atoms with van der Waals surface area (Å²) in [7, 11) is 6.17. The number of rotatable bonds is 7. The Kier molecular flexibility index (Phi) is 6.40. The van der Waals surface area contributed by atoms with Gasteiger partial charge in [0.1, 0.15) is 12.1 Å². The number of methoxy groups -OCH3 is 3. The van der Waals surface area contributed by atoms with E-state index in [1.54, 1.807) is 30.7 Å². The van der Waals surface area contributed by atoms with Crippen LogP contribution in [0, 0.1) is 0 Å². The van der Waals surface area contributed by atoms with Crippen molar-refractivity contribution in [2.45, 2.75) is 13.5 Å². The molecule has 3 aromatic rings. The van der Waals surface area contributed by atoms with Gasteiger partial charge < -0.3 is 23.5 Å². The van der Waals surface area contributed by atoms with Crippen LogP contribution in [0.15, 0.2) is 23.3 Å². The van der Waals surface area contributed by atoms with E-state index in [0.717, 1.165) is 4.70 Å². The maximum Gasteiger partial charge on any atom is 0.326 e.